The van der Waals surface area contributed by atoms with Gasteiger partial charge < -0.3 is 9.63 Å². The SMILES string of the molecule is CCCCCCCC/C=C\CCCCCCCC(=O)OC[C@@H]1CC(F)P(=O)(O)O1. The average molecular weight is 435 g/mol. The van der Waals surface area contributed by atoms with Crippen LogP contribution in [-0.4, -0.2) is 29.5 Å². The van der Waals surface area contributed by atoms with Crippen LogP contribution in [0.4, 0.5) is 4.39 Å². The van der Waals surface area contributed by atoms with Gasteiger partial charge in [-0.2, -0.15) is 0 Å². The summed E-state index contributed by atoms with van der Waals surface area (Å²) in [6.45, 7) is 2.09. The van der Waals surface area contributed by atoms with Crippen molar-refractivity contribution in [1.82, 2.24) is 0 Å². The van der Waals surface area contributed by atoms with Gasteiger partial charge in [0.25, 0.3) is 0 Å². The lowest BCUT2D eigenvalue weighted by Crippen LogP contribution is -2.17. The number of unbranched alkanes of at least 4 members (excludes halogenated alkanes) is 11. The van der Waals surface area contributed by atoms with Crippen molar-refractivity contribution < 1.29 is 27.9 Å². The summed E-state index contributed by atoms with van der Waals surface area (Å²) in [6.07, 6.45) is 19.5. The average Bonchev–Trinajstić information content (AvgIpc) is 2.95. The Kier molecular flexibility index (Phi) is 14.6. The van der Waals surface area contributed by atoms with Crippen LogP contribution < -0.4 is 0 Å². The Balaban J connectivity index is 1.85. The quantitative estimate of drug-likeness (QED) is 0.117. The first-order valence-corrected chi connectivity index (χ1v) is 13.1. The van der Waals surface area contributed by atoms with Crippen molar-refractivity contribution >= 4 is 13.6 Å². The molecule has 2 unspecified atom stereocenters. The zero-order valence-corrected chi connectivity index (χ0v) is 18.9. The van der Waals surface area contributed by atoms with Gasteiger partial charge >= 0.3 is 13.6 Å². The summed E-state index contributed by atoms with van der Waals surface area (Å²) in [5, 5.41) is 0. The standard InChI is InChI=1S/C22H40FO5P/c1-2-3-4-5-6-7-8-9-10-11-12-13-14-15-16-17-22(24)27-19-20-18-21(23)29(25,26)28-20/h9-10,20-21H,2-8,11-19H2,1H3,(H,25,26)/b10-9-/t20-,21?/m0/s1. The number of carbonyl (C=O) groups is 1. The van der Waals surface area contributed by atoms with E-state index in [0.29, 0.717) is 6.42 Å². The Labute approximate surface area is 176 Å². The highest BCUT2D eigenvalue weighted by molar-refractivity contribution is 7.53. The lowest BCUT2D eigenvalue weighted by Gasteiger charge is -2.10. The van der Waals surface area contributed by atoms with E-state index in [1.54, 1.807) is 0 Å². The van der Waals surface area contributed by atoms with E-state index >= 15 is 0 Å². The number of hydrogen-bond donors (Lipinski definition) is 1. The summed E-state index contributed by atoms with van der Waals surface area (Å²) in [5.74, 6) is -2.24. The highest BCUT2D eigenvalue weighted by Gasteiger charge is 2.44. The second kappa shape index (κ2) is 16.0. The molecule has 0 amide bonds. The predicted octanol–water partition coefficient (Wildman–Crippen LogP) is 6.84. The number of rotatable bonds is 17. The molecule has 0 radical (unpaired) electrons. The first-order valence-electron chi connectivity index (χ1n) is 11.4. The van der Waals surface area contributed by atoms with Crippen molar-refractivity contribution in [3.8, 4) is 0 Å². The van der Waals surface area contributed by atoms with Crippen LogP contribution in [0.25, 0.3) is 0 Å². The van der Waals surface area contributed by atoms with Crippen molar-refractivity contribution in [3.05, 3.63) is 12.2 Å². The van der Waals surface area contributed by atoms with Crippen LogP contribution in [-0.2, 0) is 18.6 Å². The third-order valence-electron chi connectivity index (χ3n) is 5.18. The Morgan fingerprint density at radius 2 is 1.59 bits per heavy atom. The van der Waals surface area contributed by atoms with Crippen molar-refractivity contribution in [2.24, 2.45) is 0 Å². The van der Waals surface area contributed by atoms with Gasteiger partial charge in [0.15, 0.2) is 0 Å². The van der Waals surface area contributed by atoms with Crippen LogP contribution in [0.3, 0.4) is 0 Å². The lowest BCUT2D eigenvalue weighted by atomic mass is 10.1. The van der Waals surface area contributed by atoms with E-state index in [2.05, 4.69) is 19.1 Å². The molecular weight excluding hydrogens is 394 g/mol. The zero-order valence-electron chi connectivity index (χ0n) is 18.0. The van der Waals surface area contributed by atoms with Gasteiger partial charge in [-0.1, -0.05) is 70.4 Å². The fourth-order valence-corrected chi connectivity index (χ4v) is 4.58. The molecule has 29 heavy (non-hydrogen) atoms. The molecule has 0 bridgehead atoms. The van der Waals surface area contributed by atoms with Gasteiger partial charge in [0.2, 0.25) is 5.91 Å². The van der Waals surface area contributed by atoms with Gasteiger partial charge in [-0.3, -0.25) is 13.9 Å². The zero-order chi connectivity index (χ0) is 21.4. The fourth-order valence-electron chi connectivity index (χ4n) is 3.37. The van der Waals surface area contributed by atoms with Crippen LogP contribution in [0.1, 0.15) is 103 Å². The third-order valence-corrected chi connectivity index (χ3v) is 6.70. The summed E-state index contributed by atoms with van der Waals surface area (Å²) < 4.78 is 34.2. The Hall–Kier alpha value is -0.710. The van der Waals surface area contributed by atoms with Gasteiger partial charge in [0.1, 0.15) is 12.7 Å². The molecule has 0 aromatic carbocycles. The van der Waals surface area contributed by atoms with Crippen molar-refractivity contribution in [1.29, 1.82) is 0 Å². The highest BCUT2D eigenvalue weighted by Crippen LogP contribution is 2.56. The summed E-state index contributed by atoms with van der Waals surface area (Å²) in [6, 6.07) is 0. The molecule has 1 aliphatic rings. The van der Waals surface area contributed by atoms with E-state index < -0.39 is 19.6 Å². The smallest absolute Gasteiger partial charge is 0.362 e. The summed E-state index contributed by atoms with van der Waals surface area (Å²) in [4.78, 5) is 20.8. The van der Waals surface area contributed by atoms with Gasteiger partial charge in [-0.25, -0.2) is 4.39 Å². The van der Waals surface area contributed by atoms with E-state index in [9.17, 15) is 13.8 Å². The number of ether oxygens (including phenoxy) is 1. The summed E-state index contributed by atoms with van der Waals surface area (Å²) in [5.41, 5.74) is 0. The third kappa shape index (κ3) is 13.3. The Morgan fingerprint density at radius 3 is 2.14 bits per heavy atom. The lowest BCUT2D eigenvalue weighted by molar-refractivity contribution is -0.146. The normalized spacial score (nSPS) is 24.4. The molecule has 7 heteroatoms. The maximum Gasteiger partial charge on any atom is 0.362 e. The molecule has 0 aromatic heterocycles. The molecule has 5 nitrogen and oxygen atoms in total. The molecule has 0 spiro atoms. The predicted molar refractivity (Wildman–Crippen MR) is 115 cm³/mol. The molecule has 3 atom stereocenters. The van der Waals surface area contributed by atoms with Gasteiger partial charge in [-0.15, -0.1) is 0 Å². The number of allylic oxidation sites excluding steroid dienone is 2. The van der Waals surface area contributed by atoms with E-state index in [0.717, 1.165) is 32.1 Å². The molecule has 1 N–H and O–H groups in total. The second-order valence-corrected chi connectivity index (χ2v) is 9.88. The van der Waals surface area contributed by atoms with E-state index in [1.807, 2.05) is 0 Å². The van der Waals surface area contributed by atoms with Crippen LogP contribution in [0.5, 0.6) is 0 Å². The maximum absolute atomic E-state index is 13.2. The number of alkyl halides is 1. The minimum Gasteiger partial charge on any atom is -0.463 e. The van der Waals surface area contributed by atoms with E-state index in [1.165, 1.54) is 51.4 Å². The number of hydrogen-bond acceptors (Lipinski definition) is 4. The Morgan fingerprint density at radius 1 is 1.03 bits per heavy atom. The monoisotopic (exact) mass is 434 g/mol. The first kappa shape index (κ1) is 26.3. The van der Waals surface area contributed by atoms with Crippen LogP contribution >= 0.6 is 7.60 Å². The highest BCUT2D eigenvalue weighted by atomic mass is 31.2. The number of halogens is 1. The minimum absolute atomic E-state index is 0.158. The molecule has 1 aliphatic heterocycles. The number of carbonyl (C=O) groups excluding carboxylic acids is 1. The largest absolute Gasteiger partial charge is 0.463 e. The van der Waals surface area contributed by atoms with Crippen molar-refractivity contribution in [3.63, 3.8) is 0 Å². The van der Waals surface area contributed by atoms with E-state index in [4.69, 9.17) is 14.2 Å². The maximum atomic E-state index is 13.2. The molecular formula is C22H40FO5P. The molecule has 0 aromatic rings. The molecule has 1 saturated heterocycles. The number of esters is 1. The molecule has 0 aliphatic carbocycles. The van der Waals surface area contributed by atoms with Crippen LogP contribution in [0, 0.1) is 0 Å². The second-order valence-electron chi connectivity index (χ2n) is 7.98. The van der Waals surface area contributed by atoms with Gasteiger partial charge in [0.05, 0.1) is 0 Å². The molecule has 1 heterocycles. The molecule has 1 fully saturated rings. The molecule has 1 rings (SSSR count). The molecule has 170 valence electrons. The fraction of sp³-hybridized carbons (Fsp3) is 0.864. The van der Waals surface area contributed by atoms with Gasteiger partial charge in [-0.05, 0) is 32.1 Å². The topological polar surface area (TPSA) is 72.8 Å². The molecule has 0 saturated carbocycles. The minimum atomic E-state index is -4.17. The van der Waals surface area contributed by atoms with Gasteiger partial charge in [0, 0.05) is 12.8 Å². The Bertz CT molecular complexity index is 511. The van der Waals surface area contributed by atoms with E-state index in [-0.39, 0.29) is 19.0 Å². The first-order chi connectivity index (χ1) is 14.0. The van der Waals surface area contributed by atoms with Crippen LogP contribution in [0.2, 0.25) is 0 Å². The van der Waals surface area contributed by atoms with Crippen molar-refractivity contribution in [2.45, 2.75) is 115 Å². The van der Waals surface area contributed by atoms with Crippen LogP contribution in [0.15, 0.2) is 12.2 Å². The van der Waals surface area contributed by atoms with Crippen molar-refractivity contribution in [2.75, 3.05) is 6.61 Å². The summed E-state index contributed by atoms with van der Waals surface area (Å²) >= 11 is 0. The summed E-state index contributed by atoms with van der Waals surface area (Å²) in [7, 11) is -4.17.